The van der Waals surface area contributed by atoms with Gasteiger partial charge in [-0.3, -0.25) is 14.2 Å². The lowest BCUT2D eigenvalue weighted by Gasteiger charge is -2.16. The summed E-state index contributed by atoms with van der Waals surface area (Å²) < 4.78 is 34.5. The molecule has 0 saturated carbocycles. The molecule has 11 heteroatoms. The van der Waals surface area contributed by atoms with Crippen LogP contribution in [-0.2, 0) is 23.1 Å². The summed E-state index contributed by atoms with van der Waals surface area (Å²) in [5, 5.41) is 0.456. The van der Waals surface area contributed by atoms with Crippen LogP contribution in [0.1, 0.15) is 12.6 Å². The topological polar surface area (TPSA) is 107 Å². The van der Waals surface area contributed by atoms with Crippen LogP contribution in [-0.4, -0.2) is 40.9 Å². The smallest absolute Gasteiger partial charge is 0.317 e. The van der Waals surface area contributed by atoms with Crippen molar-refractivity contribution in [2.75, 3.05) is 14.1 Å². The third-order valence-corrected chi connectivity index (χ3v) is 7.41. The van der Waals surface area contributed by atoms with Crippen molar-refractivity contribution in [2.45, 2.75) is 24.9 Å². The standard InChI is InChI=1S/C22H21ClN4O5S/c1-4-26-18-10-9-15(33(30,31)25(2)3)11-19(18)27(22(29)21(26)28)12-14-13-32-20(24-14)16-7-5-6-8-17(16)23/h5-11,13H,4,12H2,1-3H3. The first-order valence-electron chi connectivity index (χ1n) is 10.0. The molecule has 0 atom stereocenters. The van der Waals surface area contributed by atoms with Gasteiger partial charge >= 0.3 is 11.1 Å². The molecule has 0 amide bonds. The van der Waals surface area contributed by atoms with Crippen molar-refractivity contribution in [3.05, 3.63) is 80.2 Å². The maximum absolute atomic E-state index is 13.0. The monoisotopic (exact) mass is 488 g/mol. The predicted molar refractivity (Wildman–Crippen MR) is 125 cm³/mol. The molecule has 0 fully saturated rings. The molecule has 9 nitrogen and oxygen atoms in total. The first-order chi connectivity index (χ1) is 15.6. The number of nitrogens with zero attached hydrogens (tertiary/aromatic N) is 4. The molecule has 2 heterocycles. The molecule has 0 spiro atoms. The van der Waals surface area contributed by atoms with E-state index in [4.69, 9.17) is 16.0 Å². The molecule has 172 valence electrons. The van der Waals surface area contributed by atoms with Gasteiger partial charge in [-0.15, -0.1) is 0 Å². The lowest BCUT2D eigenvalue weighted by Crippen LogP contribution is -2.41. The zero-order chi connectivity index (χ0) is 23.9. The van der Waals surface area contributed by atoms with E-state index in [2.05, 4.69) is 4.98 Å². The Morgan fingerprint density at radius 1 is 1.03 bits per heavy atom. The highest BCUT2D eigenvalue weighted by Gasteiger charge is 2.21. The van der Waals surface area contributed by atoms with Crippen molar-refractivity contribution < 1.29 is 12.8 Å². The summed E-state index contributed by atoms with van der Waals surface area (Å²) >= 11 is 6.21. The summed E-state index contributed by atoms with van der Waals surface area (Å²) in [4.78, 5) is 30.1. The fourth-order valence-electron chi connectivity index (χ4n) is 3.54. The van der Waals surface area contributed by atoms with E-state index in [9.17, 15) is 18.0 Å². The third-order valence-electron chi connectivity index (χ3n) is 5.27. The van der Waals surface area contributed by atoms with E-state index in [0.29, 0.717) is 27.3 Å². The summed E-state index contributed by atoms with van der Waals surface area (Å²) in [5.41, 5.74) is 0.210. The molecule has 2 aromatic carbocycles. The lowest BCUT2D eigenvalue weighted by atomic mass is 10.2. The number of oxazole rings is 1. The van der Waals surface area contributed by atoms with E-state index in [-0.39, 0.29) is 23.9 Å². The van der Waals surface area contributed by atoms with Gasteiger partial charge in [-0.1, -0.05) is 23.7 Å². The van der Waals surface area contributed by atoms with Crippen LogP contribution >= 0.6 is 11.6 Å². The maximum Gasteiger partial charge on any atom is 0.317 e. The van der Waals surface area contributed by atoms with E-state index in [1.165, 1.54) is 47.7 Å². The Bertz CT molecular complexity index is 1580. The van der Waals surface area contributed by atoms with Crippen molar-refractivity contribution in [2.24, 2.45) is 0 Å². The van der Waals surface area contributed by atoms with Crippen LogP contribution in [0.5, 0.6) is 0 Å². The molecule has 0 aliphatic rings. The zero-order valence-corrected chi connectivity index (χ0v) is 19.7. The Kier molecular flexibility index (Phi) is 6.00. The molecule has 0 saturated heterocycles. The summed E-state index contributed by atoms with van der Waals surface area (Å²) in [6.45, 7) is 1.91. The van der Waals surface area contributed by atoms with Crippen molar-refractivity contribution >= 4 is 32.7 Å². The maximum atomic E-state index is 13.0. The number of hydrogen-bond acceptors (Lipinski definition) is 6. The average molecular weight is 489 g/mol. The Morgan fingerprint density at radius 3 is 2.39 bits per heavy atom. The van der Waals surface area contributed by atoms with Crippen molar-refractivity contribution in [3.63, 3.8) is 0 Å². The molecular weight excluding hydrogens is 468 g/mol. The molecule has 0 aliphatic heterocycles. The van der Waals surface area contributed by atoms with Crippen LogP contribution < -0.4 is 11.1 Å². The van der Waals surface area contributed by atoms with Gasteiger partial charge in [0.1, 0.15) is 6.26 Å². The van der Waals surface area contributed by atoms with Gasteiger partial charge in [0, 0.05) is 20.6 Å². The Hall–Kier alpha value is -3.21. The van der Waals surface area contributed by atoms with Crippen LogP contribution in [0.3, 0.4) is 0 Å². The van der Waals surface area contributed by atoms with E-state index in [0.717, 1.165) is 4.31 Å². The zero-order valence-electron chi connectivity index (χ0n) is 18.1. The molecule has 0 aliphatic carbocycles. The molecule has 0 N–H and O–H groups in total. The van der Waals surface area contributed by atoms with Gasteiger partial charge in [0.25, 0.3) is 0 Å². The van der Waals surface area contributed by atoms with Gasteiger partial charge in [-0.2, -0.15) is 0 Å². The number of benzene rings is 2. The number of rotatable bonds is 6. The minimum Gasteiger partial charge on any atom is -0.444 e. The molecule has 4 aromatic rings. The van der Waals surface area contributed by atoms with Gasteiger partial charge in [0.2, 0.25) is 15.9 Å². The fraction of sp³-hybridized carbons (Fsp3) is 0.227. The van der Waals surface area contributed by atoms with Gasteiger partial charge in [0.05, 0.1) is 38.8 Å². The highest BCUT2D eigenvalue weighted by molar-refractivity contribution is 7.89. The highest BCUT2D eigenvalue weighted by Crippen LogP contribution is 2.27. The summed E-state index contributed by atoms with van der Waals surface area (Å²) in [6, 6.07) is 11.4. The molecule has 0 bridgehead atoms. The van der Waals surface area contributed by atoms with Crippen molar-refractivity contribution in [1.29, 1.82) is 0 Å². The Labute approximate surface area is 194 Å². The Balaban J connectivity index is 1.90. The van der Waals surface area contributed by atoms with Gasteiger partial charge in [-0.25, -0.2) is 17.7 Å². The fourth-order valence-corrected chi connectivity index (χ4v) is 4.68. The number of sulfonamides is 1. The number of hydrogen-bond donors (Lipinski definition) is 0. The molecule has 33 heavy (non-hydrogen) atoms. The first-order valence-corrected chi connectivity index (χ1v) is 11.9. The second-order valence-electron chi connectivity index (χ2n) is 7.50. The van der Waals surface area contributed by atoms with E-state index < -0.39 is 21.1 Å². The molecular formula is C22H21ClN4O5S. The van der Waals surface area contributed by atoms with E-state index in [1.54, 1.807) is 31.2 Å². The first kappa shape index (κ1) is 23.0. The number of halogens is 1. The van der Waals surface area contributed by atoms with Gasteiger partial charge in [-0.05, 0) is 37.3 Å². The van der Waals surface area contributed by atoms with Crippen LogP contribution in [0.2, 0.25) is 5.02 Å². The summed E-state index contributed by atoms with van der Waals surface area (Å²) in [6.07, 6.45) is 1.38. The lowest BCUT2D eigenvalue weighted by molar-refractivity contribution is 0.520. The molecule has 0 unspecified atom stereocenters. The molecule has 0 radical (unpaired) electrons. The number of aromatic nitrogens is 3. The quantitative estimate of drug-likeness (QED) is 0.386. The molecule has 4 rings (SSSR count). The molecule has 2 aromatic heterocycles. The SMILES string of the molecule is CCn1c(=O)c(=O)n(Cc2coc(-c3ccccc3Cl)n2)c2cc(S(=O)(=O)N(C)C)ccc21. The second-order valence-corrected chi connectivity index (χ2v) is 10.1. The van der Waals surface area contributed by atoms with E-state index in [1.807, 2.05) is 0 Å². The minimum absolute atomic E-state index is 0.00589. The number of aryl methyl sites for hydroxylation is 1. The van der Waals surface area contributed by atoms with Crippen LogP contribution in [0.15, 0.2) is 67.6 Å². The second kappa shape index (κ2) is 8.62. The minimum atomic E-state index is -3.76. The van der Waals surface area contributed by atoms with Crippen molar-refractivity contribution in [3.8, 4) is 11.5 Å². The van der Waals surface area contributed by atoms with Gasteiger partial charge in [0.15, 0.2) is 0 Å². The normalized spacial score (nSPS) is 12.0. The van der Waals surface area contributed by atoms with Gasteiger partial charge < -0.3 is 8.98 Å². The average Bonchev–Trinajstić information content (AvgIpc) is 3.25. The third kappa shape index (κ3) is 4.01. The summed E-state index contributed by atoms with van der Waals surface area (Å²) in [5.74, 6) is 0.269. The predicted octanol–water partition coefficient (Wildman–Crippen LogP) is 2.79. The van der Waals surface area contributed by atoms with Crippen LogP contribution in [0.25, 0.3) is 22.5 Å². The summed E-state index contributed by atoms with van der Waals surface area (Å²) in [7, 11) is -0.912. The Morgan fingerprint density at radius 2 is 1.73 bits per heavy atom. The van der Waals surface area contributed by atoms with E-state index >= 15 is 0 Å². The van der Waals surface area contributed by atoms with Crippen LogP contribution in [0.4, 0.5) is 0 Å². The van der Waals surface area contributed by atoms with Crippen molar-refractivity contribution in [1.82, 2.24) is 18.4 Å². The number of fused-ring (bicyclic) bond motifs is 1. The largest absolute Gasteiger partial charge is 0.444 e. The highest BCUT2D eigenvalue weighted by atomic mass is 35.5. The van der Waals surface area contributed by atoms with Crippen LogP contribution in [0, 0.1) is 0 Å².